The number of benzene rings is 1. The Bertz CT molecular complexity index is 859. The summed E-state index contributed by atoms with van der Waals surface area (Å²) in [6.07, 6.45) is 0. The van der Waals surface area contributed by atoms with Gasteiger partial charge in [0.1, 0.15) is 11.5 Å². The monoisotopic (exact) mass is 416 g/mol. The molecule has 2 aromatic rings. The Balaban J connectivity index is 2.22. The van der Waals surface area contributed by atoms with Gasteiger partial charge in [-0.1, -0.05) is 4.47 Å². The number of carbonyl (C=O) groups excluding carboxylic acids is 1. The first-order valence-electron chi connectivity index (χ1n) is 6.88. The van der Waals surface area contributed by atoms with Gasteiger partial charge in [-0.25, -0.2) is 8.42 Å². The molecule has 0 atom stereocenters. The highest BCUT2D eigenvalue weighted by Gasteiger charge is 2.22. The van der Waals surface area contributed by atoms with Crippen LogP contribution in [-0.4, -0.2) is 33.0 Å². The fraction of sp³-hybridized carbons (Fsp3) is 0.267. The van der Waals surface area contributed by atoms with E-state index in [9.17, 15) is 13.2 Å². The second-order valence-corrected chi connectivity index (χ2v) is 7.71. The van der Waals surface area contributed by atoms with Crippen molar-refractivity contribution in [1.29, 1.82) is 0 Å². The van der Waals surface area contributed by atoms with Crippen molar-refractivity contribution in [3.8, 4) is 0 Å². The van der Waals surface area contributed by atoms with Crippen LogP contribution in [0, 0.1) is 13.8 Å². The molecule has 1 aromatic carbocycles. The topological polar surface area (TPSA) is 88.9 Å². The van der Waals surface area contributed by atoms with Gasteiger partial charge >= 0.3 is 0 Å². The Morgan fingerprint density at radius 3 is 2.25 bits per heavy atom. The first-order valence-corrected chi connectivity index (χ1v) is 9.11. The van der Waals surface area contributed by atoms with E-state index in [1.165, 1.54) is 38.4 Å². The molecule has 0 bridgehead atoms. The Kier molecular flexibility index (Phi) is 5.49. The van der Waals surface area contributed by atoms with Crippen molar-refractivity contribution in [3.63, 3.8) is 0 Å². The molecule has 0 unspecified atom stereocenters. The molecule has 9 heteroatoms. The van der Waals surface area contributed by atoms with Crippen LogP contribution in [0.4, 0.5) is 5.69 Å². The van der Waals surface area contributed by atoms with E-state index in [1.807, 2.05) is 0 Å². The molecule has 0 spiro atoms. The van der Waals surface area contributed by atoms with Crippen molar-refractivity contribution >= 4 is 37.5 Å². The van der Waals surface area contributed by atoms with Gasteiger partial charge in [0.15, 0.2) is 0 Å². The van der Waals surface area contributed by atoms with Crippen molar-refractivity contribution < 1.29 is 22.5 Å². The number of aryl methyl sites for hydroxylation is 2. The number of nitrogens with one attached hydrogen (secondary N) is 1. The van der Waals surface area contributed by atoms with E-state index in [-0.39, 0.29) is 10.8 Å². The number of nitrogens with zero attached hydrogens (tertiary/aromatic N) is 1. The zero-order valence-corrected chi connectivity index (χ0v) is 16.0. The lowest BCUT2D eigenvalue weighted by atomic mass is 10.2. The lowest BCUT2D eigenvalue weighted by Crippen LogP contribution is -2.25. The predicted molar refractivity (Wildman–Crippen MR) is 92.2 cm³/mol. The second-order valence-electron chi connectivity index (χ2n) is 4.98. The summed E-state index contributed by atoms with van der Waals surface area (Å²) in [5.41, 5.74) is 0.868. The van der Waals surface area contributed by atoms with Crippen LogP contribution in [0.5, 0.6) is 0 Å². The number of anilines is 1. The molecule has 24 heavy (non-hydrogen) atoms. The second kappa shape index (κ2) is 7.06. The molecule has 130 valence electrons. The van der Waals surface area contributed by atoms with Gasteiger partial charge in [-0.3, -0.25) is 9.63 Å². The van der Waals surface area contributed by atoms with E-state index in [0.29, 0.717) is 27.2 Å². The molecule has 7 nitrogen and oxygen atoms in total. The molecule has 2 rings (SSSR count). The van der Waals surface area contributed by atoms with E-state index in [2.05, 4.69) is 21.2 Å². The van der Waals surface area contributed by atoms with Gasteiger partial charge < -0.3 is 9.73 Å². The molecule has 0 saturated heterocycles. The van der Waals surface area contributed by atoms with Gasteiger partial charge in [-0.2, -0.15) is 0 Å². The van der Waals surface area contributed by atoms with Crippen LogP contribution in [0.25, 0.3) is 0 Å². The minimum atomic E-state index is -3.72. The zero-order valence-electron chi connectivity index (χ0n) is 13.6. The molecule has 1 N–H and O–H groups in total. The van der Waals surface area contributed by atoms with Crippen LogP contribution in [0.15, 0.2) is 38.1 Å². The average Bonchev–Trinajstić information content (AvgIpc) is 2.79. The molecular formula is C15H17BrN2O5S. The molecule has 1 amide bonds. The highest BCUT2D eigenvalue weighted by molar-refractivity contribution is 9.10. The zero-order chi connectivity index (χ0) is 18.1. The van der Waals surface area contributed by atoms with Crippen LogP contribution < -0.4 is 5.32 Å². The highest BCUT2D eigenvalue weighted by Crippen LogP contribution is 2.28. The first-order chi connectivity index (χ1) is 11.2. The first kappa shape index (κ1) is 18.7. The third kappa shape index (κ3) is 3.54. The number of hydrogen-bond acceptors (Lipinski definition) is 5. The molecule has 0 fully saturated rings. The number of hydrogen-bond donors (Lipinski definition) is 1. The lowest BCUT2D eigenvalue weighted by Gasteiger charge is -2.14. The maximum atomic E-state index is 12.4. The maximum Gasteiger partial charge on any atom is 0.264 e. The van der Waals surface area contributed by atoms with E-state index in [0.717, 1.165) is 4.47 Å². The number of rotatable bonds is 5. The lowest BCUT2D eigenvalue weighted by molar-refractivity contribution is -0.0258. The molecule has 0 radical (unpaired) electrons. The van der Waals surface area contributed by atoms with Gasteiger partial charge in [-0.15, -0.1) is 0 Å². The van der Waals surface area contributed by atoms with Crippen LogP contribution in [0.2, 0.25) is 0 Å². The van der Waals surface area contributed by atoms with Gasteiger partial charge in [0.2, 0.25) is 0 Å². The van der Waals surface area contributed by atoms with Crippen molar-refractivity contribution in [1.82, 2.24) is 4.47 Å². The smallest absolute Gasteiger partial charge is 0.264 e. The van der Waals surface area contributed by atoms with Gasteiger partial charge in [-0.05, 0) is 54.0 Å². The van der Waals surface area contributed by atoms with Gasteiger partial charge in [0, 0.05) is 12.7 Å². The summed E-state index contributed by atoms with van der Waals surface area (Å²) in [5, 5.41) is 2.71. The van der Waals surface area contributed by atoms with Crippen LogP contribution in [0.3, 0.4) is 0 Å². The van der Waals surface area contributed by atoms with Gasteiger partial charge in [0.05, 0.1) is 22.0 Å². The summed E-state index contributed by atoms with van der Waals surface area (Å²) >= 11 is 3.32. The summed E-state index contributed by atoms with van der Waals surface area (Å²) < 4.78 is 31.0. The number of halogens is 1. The fourth-order valence-corrected chi connectivity index (χ4v) is 3.58. The Morgan fingerprint density at radius 1 is 1.21 bits per heavy atom. The summed E-state index contributed by atoms with van der Waals surface area (Å²) in [6, 6.07) is 5.79. The molecule has 0 aliphatic carbocycles. The normalized spacial score (nSPS) is 11.8. The number of hydroxylamine groups is 1. The minimum absolute atomic E-state index is 0.0568. The van der Waals surface area contributed by atoms with E-state index >= 15 is 0 Å². The molecule has 0 aliphatic heterocycles. The molecular weight excluding hydrogens is 400 g/mol. The van der Waals surface area contributed by atoms with Crippen molar-refractivity contribution in [3.05, 3.63) is 45.8 Å². The SMILES string of the molecule is CON(C)S(=O)(=O)c1ccc(NC(=O)c2c(C)oc(C)c2Br)cc1. The minimum Gasteiger partial charge on any atom is -0.465 e. The Morgan fingerprint density at radius 2 is 1.79 bits per heavy atom. The Labute approximate surface area is 148 Å². The summed E-state index contributed by atoms with van der Waals surface area (Å²) in [5.74, 6) is 0.764. The highest BCUT2D eigenvalue weighted by atomic mass is 79.9. The Hall–Kier alpha value is -1.68. The molecule has 0 saturated carbocycles. The average molecular weight is 417 g/mol. The van der Waals surface area contributed by atoms with E-state index in [1.54, 1.807) is 13.8 Å². The number of carbonyl (C=O) groups is 1. The van der Waals surface area contributed by atoms with Crippen LogP contribution in [0.1, 0.15) is 21.9 Å². The molecule has 0 aliphatic rings. The van der Waals surface area contributed by atoms with Crippen molar-refractivity contribution in [2.75, 3.05) is 19.5 Å². The molecule has 1 heterocycles. The number of furan rings is 1. The number of sulfonamides is 1. The standard InChI is InChI=1S/C15H17BrN2O5S/c1-9-13(14(16)10(2)23-9)15(19)17-11-5-7-12(8-6-11)24(20,21)18(3)22-4/h5-8H,1-4H3,(H,17,19). The summed E-state index contributed by atoms with van der Waals surface area (Å²) in [6.45, 7) is 3.45. The predicted octanol–water partition coefficient (Wildman–Crippen LogP) is 3.09. The third-order valence-electron chi connectivity index (χ3n) is 3.42. The summed E-state index contributed by atoms with van der Waals surface area (Å²) in [4.78, 5) is 17.1. The maximum absolute atomic E-state index is 12.4. The fourth-order valence-electron chi connectivity index (χ4n) is 2.07. The quantitative estimate of drug-likeness (QED) is 0.756. The largest absolute Gasteiger partial charge is 0.465 e. The third-order valence-corrected chi connectivity index (χ3v) is 6.07. The summed E-state index contributed by atoms with van der Waals surface area (Å²) in [7, 11) is -1.16. The van der Waals surface area contributed by atoms with E-state index in [4.69, 9.17) is 9.25 Å². The van der Waals surface area contributed by atoms with E-state index < -0.39 is 10.0 Å². The molecule has 1 aromatic heterocycles. The van der Waals surface area contributed by atoms with Crippen LogP contribution >= 0.6 is 15.9 Å². The number of amides is 1. The van der Waals surface area contributed by atoms with Gasteiger partial charge in [0.25, 0.3) is 15.9 Å². The van der Waals surface area contributed by atoms with Crippen LogP contribution in [-0.2, 0) is 14.9 Å². The van der Waals surface area contributed by atoms with Crippen molar-refractivity contribution in [2.45, 2.75) is 18.7 Å². The van der Waals surface area contributed by atoms with Crippen molar-refractivity contribution in [2.24, 2.45) is 0 Å².